The summed E-state index contributed by atoms with van der Waals surface area (Å²) in [5.41, 5.74) is 0.292. The molecule has 6 heteroatoms. The first-order chi connectivity index (χ1) is 9.69. The van der Waals surface area contributed by atoms with E-state index in [1.165, 1.54) is 12.1 Å². The number of carbonyl (C=O) groups is 1. The summed E-state index contributed by atoms with van der Waals surface area (Å²) in [5, 5.41) is 5.94. The molecule has 1 aromatic rings. The first-order valence-corrected chi connectivity index (χ1v) is 7.22. The van der Waals surface area contributed by atoms with Crippen LogP contribution in [0.5, 0.6) is 0 Å². The van der Waals surface area contributed by atoms with Crippen LogP contribution in [0.1, 0.15) is 39.3 Å². The van der Waals surface area contributed by atoms with Crippen molar-refractivity contribution in [2.75, 3.05) is 13.1 Å². The van der Waals surface area contributed by atoms with Crippen molar-refractivity contribution in [3.8, 4) is 0 Å². The molecule has 1 rings (SSSR count). The van der Waals surface area contributed by atoms with Crippen LogP contribution in [0.15, 0.2) is 18.2 Å². The van der Waals surface area contributed by atoms with E-state index in [1.807, 2.05) is 27.7 Å². The molecule has 1 amide bonds. The van der Waals surface area contributed by atoms with Gasteiger partial charge in [-0.25, -0.2) is 9.18 Å². The molecule has 118 valence electrons. The van der Waals surface area contributed by atoms with Crippen molar-refractivity contribution < 1.29 is 13.9 Å². The summed E-state index contributed by atoms with van der Waals surface area (Å²) in [5.74, 6) is -0.435. The van der Waals surface area contributed by atoms with Gasteiger partial charge in [-0.3, -0.25) is 0 Å². The standard InChI is InChI=1S/C15H22ClFN2O2/c1-10(11-5-6-12(16)13(17)9-11)18-7-8-19-14(20)21-15(2,3)4/h5-6,9-10,18H,7-8H2,1-4H3,(H,19,20). The molecule has 1 atom stereocenters. The van der Waals surface area contributed by atoms with Gasteiger partial charge in [-0.15, -0.1) is 0 Å². The van der Waals surface area contributed by atoms with E-state index in [-0.39, 0.29) is 11.1 Å². The number of hydrogen-bond acceptors (Lipinski definition) is 3. The van der Waals surface area contributed by atoms with E-state index < -0.39 is 17.5 Å². The maximum absolute atomic E-state index is 13.4. The lowest BCUT2D eigenvalue weighted by atomic mass is 10.1. The Morgan fingerprint density at radius 3 is 2.62 bits per heavy atom. The smallest absolute Gasteiger partial charge is 0.407 e. The van der Waals surface area contributed by atoms with Gasteiger partial charge in [0.15, 0.2) is 0 Å². The Morgan fingerprint density at radius 2 is 2.05 bits per heavy atom. The van der Waals surface area contributed by atoms with E-state index in [2.05, 4.69) is 10.6 Å². The molecule has 2 N–H and O–H groups in total. The number of ether oxygens (including phenoxy) is 1. The van der Waals surface area contributed by atoms with Crippen molar-refractivity contribution >= 4 is 17.7 Å². The highest BCUT2D eigenvalue weighted by Gasteiger charge is 2.15. The van der Waals surface area contributed by atoms with Gasteiger partial charge in [-0.2, -0.15) is 0 Å². The summed E-state index contributed by atoms with van der Waals surface area (Å²) in [6, 6.07) is 4.66. The summed E-state index contributed by atoms with van der Waals surface area (Å²) in [6.45, 7) is 8.31. The Balaban J connectivity index is 2.32. The first-order valence-electron chi connectivity index (χ1n) is 6.84. The van der Waals surface area contributed by atoms with Gasteiger partial charge in [-0.05, 0) is 45.4 Å². The number of alkyl carbamates (subject to hydrolysis) is 1. The molecule has 1 unspecified atom stereocenters. The SMILES string of the molecule is CC(NCCNC(=O)OC(C)(C)C)c1ccc(Cl)c(F)c1. The maximum atomic E-state index is 13.4. The zero-order valence-electron chi connectivity index (χ0n) is 12.8. The topological polar surface area (TPSA) is 50.4 Å². The van der Waals surface area contributed by atoms with Gasteiger partial charge in [0, 0.05) is 19.1 Å². The van der Waals surface area contributed by atoms with Crippen molar-refractivity contribution in [1.82, 2.24) is 10.6 Å². The van der Waals surface area contributed by atoms with Gasteiger partial charge >= 0.3 is 6.09 Å². The minimum Gasteiger partial charge on any atom is -0.444 e. The quantitative estimate of drug-likeness (QED) is 0.815. The summed E-state index contributed by atoms with van der Waals surface area (Å²) in [7, 11) is 0. The number of halogens is 2. The number of hydrogen-bond donors (Lipinski definition) is 2. The Bertz CT molecular complexity index is 489. The summed E-state index contributed by atoms with van der Waals surface area (Å²) >= 11 is 5.64. The van der Waals surface area contributed by atoms with Gasteiger partial charge < -0.3 is 15.4 Å². The fourth-order valence-corrected chi connectivity index (χ4v) is 1.78. The molecule has 0 fully saturated rings. The van der Waals surface area contributed by atoms with Gasteiger partial charge in [0.1, 0.15) is 11.4 Å². The third kappa shape index (κ3) is 6.78. The molecule has 0 saturated heterocycles. The highest BCUT2D eigenvalue weighted by molar-refractivity contribution is 6.30. The number of amides is 1. The Hall–Kier alpha value is -1.33. The van der Waals surface area contributed by atoms with Crippen LogP contribution < -0.4 is 10.6 Å². The zero-order valence-corrected chi connectivity index (χ0v) is 13.6. The van der Waals surface area contributed by atoms with Crippen molar-refractivity contribution in [1.29, 1.82) is 0 Å². The molecule has 0 aliphatic heterocycles. The molecule has 0 radical (unpaired) electrons. The summed E-state index contributed by atoms with van der Waals surface area (Å²) < 4.78 is 18.5. The average Bonchev–Trinajstić information content (AvgIpc) is 2.35. The van der Waals surface area contributed by atoms with E-state index in [1.54, 1.807) is 6.07 Å². The molecule has 0 aliphatic rings. The van der Waals surface area contributed by atoms with Crippen LogP contribution >= 0.6 is 11.6 Å². The normalized spacial score (nSPS) is 12.9. The van der Waals surface area contributed by atoms with Crippen LogP contribution in [-0.2, 0) is 4.74 Å². The molecule has 21 heavy (non-hydrogen) atoms. The lowest BCUT2D eigenvalue weighted by Crippen LogP contribution is -2.36. The highest BCUT2D eigenvalue weighted by Crippen LogP contribution is 2.19. The third-order valence-electron chi connectivity index (χ3n) is 2.69. The van der Waals surface area contributed by atoms with E-state index in [0.29, 0.717) is 13.1 Å². The molecule has 0 aromatic heterocycles. The van der Waals surface area contributed by atoms with Crippen LogP contribution in [0.3, 0.4) is 0 Å². The van der Waals surface area contributed by atoms with Gasteiger partial charge in [0.2, 0.25) is 0 Å². The average molecular weight is 317 g/mol. The van der Waals surface area contributed by atoms with Crippen LogP contribution in [-0.4, -0.2) is 24.8 Å². The van der Waals surface area contributed by atoms with E-state index in [9.17, 15) is 9.18 Å². The molecular weight excluding hydrogens is 295 g/mol. The fraction of sp³-hybridized carbons (Fsp3) is 0.533. The van der Waals surface area contributed by atoms with Gasteiger partial charge in [-0.1, -0.05) is 17.7 Å². The molecule has 0 heterocycles. The second kappa shape index (κ2) is 7.61. The highest BCUT2D eigenvalue weighted by atomic mass is 35.5. The van der Waals surface area contributed by atoms with Crippen LogP contribution in [0.4, 0.5) is 9.18 Å². The van der Waals surface area contributed by atoms with E-state index in [0.717, 1.165) is 5.56 Å². The largest absolute Gasteiger partial charge is 0.444 e. The van der Waals surface area contributed by atoms with Crippen LogP contribution in [0.25, 0.3) is 0 Å². The summed E-state index contributed by atoms with van der Waals surface area (Å²) in [4.78, 5) is 11.4. The van der Waals surface area contributed by atoms with E-state index in [4.69, 9.17) is 16.3 Å². The van der Waals surface area contributed by atoms with Crippen molar-refractivity contribution in [3.63, 3.8) is 0 Å². The number of carbonyl (C=O) groups excluding carboxylic acids is 1. The van der Waals surface area contributed by atoms with Gasteiger partial charge in [0.05, 0.1) is 5.02 Å². The molecule has 0 spiro atoms. The predicted molar refractivity (Wildman–Crippen MR) is 82.1 cm³/mol. The first kappa shape index (κ1) is 17.7. The Morgan fingerprint density at radius 1 is 1.38 bits per heavy atom. The lowest BCUT2D eigenvalue weighted by Gasteiger charge is -2.20. The van der Waals surface area contributed by atoms with Crippen LogP contribution in [0, 0.1) is 5.82 Å². The minimum atomic E-state index is -0.508. The van der Waals surface area contributed by atoms with E-state index >= 15 is 0 Å². The molecule has 4 nitrogen and oxygen atoms in total. The zero-order chi connectivity index (χ0) is 16.0. The van der Waals surface area contributed by atoms with Crippen molar-refractivity contribution in [2.45, 2.75) is 39.3 Å². The number of benzene rings is 1. The molecule has 1 aromatic carbocycles. The monoisotopic (exact) mass is 316 g/mol. The molecular formula is C15H22ClFN2O2. The predicted octanol–water partition coefficient (Wildman–Crippen LogP) is 3.65. The number of rotatable bonds is 5. The molecule has 0 saturated carbocycles. The molecule has 0 bridgehead atoms. The Kier molecular flexibility index (Phi) is 6.42. The minimum absolute atomic E-state index is 0.0443. The maximum Gasteiger partial charge on any atom is 0.407 e. The summed E-state index contributed by atoms with van der Waals surface area (Å²) in [6.07, 6.45) is -0.450. The fourth-order valence-electron chi connectivity index (χ4n) is 1.67. The lowest BCUT2D eigenvalue weighted by molar-refractivity contribution is 0.0528. The number of nitrogens with one attached hydrogen (secondary N) is 2. The van der Waals surface area contributed by atoms with Crippen LogP contribution in [0.2, 0.25) is 5.02 Å². The van der Waals surface area contributed by atoms with Crippen molar-refractivity contribution in [2.24, 2.45) is 0 Å². The molecule has 0 aliphatic carbocycles. The third-order valence-corrected chi connectivity index (χ3v) is 2.99. The Labute approximate surface area is 130 Å². The second-order valence-corrected chi connectivity index (χ2v) is 6.19. The second-order valence-electron chi connectivity index (χ2n) is 5.78. The van der Waals surface area contributed by atoms with Gasteiger partial charge in [0.25, 0.3) is 0 Å². The van der Waals surface area contributed by atoms with Crippen molar-refractivity contribution in [3.05, 3.63) is 34.6 Å².